The maximum atomic E-state index is 11.3. The Labute approximate surface area is 83.9 Å². The summed E-state index contributed by atoms with van der Waals surface area (Å²) in [5.41, 5.74) is 0.527. The van der Waals surface area contributed by atoms with E-state index in [1.54, 1.807) is 6.20 Å². The van der Waals surface area contributed by atoms with E-state index in [2.05, 4.69) is 23.6 Å². The molecule has 0 radical (unpaired) electrons. The molecule has 1 aromatic rings. The molecule has 0 aromatic carbocycles. The van der Waals surface area contributed by atoms with Gasteiger partial charge in [0.25, 0.3) is 0 Å². The minimum atomic E-state index is -0.328. The second-order valence-corrected chi connectivity index (χ2v) is 3.69. The highest BCUT2D eigenvalue weighted by Crippen LogP contribution is 2.09. The van der Waals surface area contributed by atoms with Crippen molar-refractivity contribution in [3.63, 3.8) is 0 Å². The molecule has 0 aliphatic carbocycles. The molecule has 0 aliphatic heterocycles. The molecule has 4 nitrogen and oxygen atoms in total. The van der Waals surface area contributed by atoms with E-state index in [4.69, 9.17) is 0 Å². The number of carbonyl (C=O) groups is 1. The number of imidazole rings is 1. The zero-order valence-electron chi connectivity index (χ0n) is 9.07. The van der Waals surface area contributed by atoms with Crippen LogP contribution in [-0.4, -0.2) is 22.6 Å². The number of aromatic nitrogens is 2. The molecule has 1 aromatic heterocycles. The first kappa shape index (κ1) is 10.8. The van der Waals surface area contributed by atoms with Gasteiger partial charge in [0, 0.05) is 6.54 Å². The van der Waals surface area contributed by atoms with Gasteiger partial charge >= 0.3 is 5.97 Å². The van der Waals surface area contributed by atoms with Gasteiger partial charge in [-0.3, -0.25) is 0 Å². The number of rotatable bonds is 3. The lowest BCUT2D eigenvalue weighted by atomic mass is 10.2. The maximum Gasteiger partial charge on any atom is 0.356 e. The topological polar surface area (TPSA) is 44.1 Å². The van der Waals surface area contributed by atoms with Gasteiger partial charge < -0.3 is 9.30 Å². The van der Waals surface area contributed by atoms with Crippen LogP contribution >= 0.6 is 0 Å². The summed E-state index contributed by atoms with van der Waals surface area (Å²) in [6.45, 7) is 6.87. The van der Waals surface area contributed by atoms with Crippen LogP contribution < -0.4 is 0 Å². The van der Waals surface area contributed by atoms with Crippen molar-refractivity contribution < 1.29 is 9.53 Å². The molecule has 0 unspecified atom stereocenters. The summed E-state index contributed by atoms with van der Waals surface area (Å²) < 4.78 is 6.56. The average Bonchev–Trinajstić information content (AvgIpc) is 2.46. The normalized spacial score (nSPS) is 10.6. The van der Waals surface area contributed by atoms with Crippen molar-refractivity contribution in [3.05, 3.63) is 17.7 Å². The fourth-order valence-corrected chi connectivity index (χ4v) is 1.33. The molecule has 0 bridgehead atoms. The van der Waals surface area contributed by atoms with Gasteiger partial charge in [-0.05, 0) is 12.8 Å². The average molecular weight is 196 g/mol. The fraction of sp³-hybridized carbons (Fsp3) is 0.600. The van der Waals surface area contributed by atoms with Crippen molar-refractivity contribution in [2.75, 3.05) is 7.11 Å². The Morgan fingerprint density at radius 2 is 2.29 bits per heavy atom. The third-order valence-electron chi connectivity index (χ3n) is 2.00. The van der Waals surface area contributed by atoms with Crippen LogP contribution in [0.1, 0.15) is 30.2 Å². The van der Waals surface area contributed by atoms with Gasteiger partial charge in [-0.15, -0.1) is 0 Å². The standard InChI is InChI=1S/C10H16N2O2/c1-7(2)6-12-8(3)11-5-9(12)10(13)14-4/h5,7H,6H2,1-4H3. The monoisotopic (exact) mass is 196 g/mol. The van der Waals surface area contributed by atoms with E-state index in [1.807, 2.05) is 11.5 Å². The third kappa shape index (κ3) is 2.13. The van der Waals surface area contributed by atoms with Crippen LogP contribution in [0.15, 0.2) is 6.20 Å². The molecule has 0 spiro atoms. The molecule has 78 valence electrons. The fourth-order valence-electron chi connectivity index (χ4n) is 1.33. The Morgan fingerprint density at radius 3 is 2.79 bits per heavy atom. The molecule has 1 rings (SSSR count). The van der Waals surface area contributed by atoms with Crippen molar-refractivity contribution in [3.8, 4) is 0 Å². The van der Waals surface area contributed by atoms with E-state index >= 15 is 0 Å². The van der Waals surface area contributed by atoms with Crippen LogP contribution in [0.2, 0.25) is 0 Å². The number of ether oxygens (including phenoxy) is 1. The number of carbonyl (C=O) groups excluding carboxylic acids is 1. The molecule has 0 aliphatic rings. The third-order valence-corrected chi connectivity index (χ3v) is 2.00. The summed E-state index contributed by atoms with van der Waals surface area (Å²) in [6.07, 6.45) is 1.56. The van der Waals surface area contributed by atoms with Crippen molar-refractivity contribution in [2.24, 2.45) is 5.92 Å². The predicted octanol–water partition coefficient (Wildman–Crippen LogP) is 1.63. The maximum absolute atomic E-state index is 11.3. The molecule has 0 atom stereocenters. The smallest absolute Gasteiger partial charge is 0.356 e. The Hall–Kier alpha value is -1.32. The van der Waals surface area contributed by atoms with E-state index in [-0.39, 0.29) is 5.97 Å². The van der Waals surface area contributed by atoms with Crippen molar-refractivity contribution >= 4 is 5.97 Å². The van der Waals surface area contributed by atoms with Gasteiger partial charge in [0.2, 0.25) is 0 Å². The molecule has 0 amide bonds. The first-order valence-electron chi connectivity index (χ1n) is 4.66. The molecule has 14 heavy (non-hydrogen) atoms. The first-order valence-corrected chi connectivity index (χ1v) is 4.66. The zero-order valence-corrected chi connectivity index (χ0v) is 9.07. The van der Waals surface area contributed by atoms with Gasteiger partial charge in [-0.2, -0.15) is 0 Å². The Kier molecular flexibility index (Phi) is 3.28. The van der Waals surface area contributed by atoms with E-state index < -0.39 is 0 Å². The molecular formula is C10H16N2O2. The summed E-state index contributed by atoms with van der Waals surface area (Å²) in [4.78, 5) is 15.4. The predicted molar refractivity (Wildman–Crippen MR) is 53.1 cm³/mol. The zero-order chi connectivity index (χ0) is 10.7. The van der Waals surface area contributed by atoms with Crippen LogP contribution in [0.5, 0.6) is 0 Å². The van der Waals surface area contributed by atoms with Gasteiger partial charge in [0.15, 0.2) is 0 Å². The highest BCUT2D eigenvalue weighted by atomic mass is 16.5. The van der Waals surface area contributed by atoms with Gasteiger partial charge in [0.1, 0.15) is 11.5 Å². The second kappa shape index (κ2) is 4.26. The molecule has 1 heterocycles. The number of esters is 1. The van der Waals surface area contributed by atoms with Crippen LogP contribution in [0.25, 0.3) is 0 Å². The van der Waals surface area contributed by atoms with Crippen molar-refractivity contribution in [2.45, 2.75) is 27.3 Å². The Morgan fingerprint density at radius 1 is 1.64 bits per heavy atom. The quantitative estimate of drug-likeness (QED) is 0.690. The number of hydrogen-bond donors (Lipinski definition) is 0. The van der Waals surface area contributed by atoms with E-state index in [9.17, 15) is 4.79 Å². The second-order valence-electron chi connectivity index (χ2n) is 3.69. The minimum Gasteiger partial charge on any atom is -0.464 e. The highest BCUT2D eigenvalue weighted by Gasteiger charge is 2.15. The first-order chi connectivity index (χ1) is 6.56. The molecule has 0 N–H and O–H groups in total. The molecule has 0 saturated heterocycles. The van der Waals surface area contributed by atoms with Crippen LogP contribution in [0, 0.1) is 12.8 Å². The molecule has 4 heteroatoms. The summed E-state index contributed by atoms with van der Waals surface area (Å²) in [5, 5.41) is 0. The summed E-state index contributed by atoms with van der Waals surface area (Å²) in [5.74, 6) is 0.997. The Balaban J connectivity index is 2.99. The van der Waals surface area contributed by atoms with Crippen LogP contribution in [0.3, 0.4) is 0 Å². The van der Waals surface area contributed by atoms with Crippen molar-refractivity contribution in [1.29, 1.82) is 0 Å². The number of methoxy groups -OCH3 is 1. The van der Waals surface area contributed by atoms with E-state index in [0.29, 0.717) is 11.6 Å². The van der Waals surface area contributed by atoms with Crippen LogP contribution in [-0.2, 0) is 11.3 Å². The van der Waals surface area contributed by atoms with E-state index in [1.165, 1.54) is 7.11 Å². The van der Waals surface area contributed by atoms with Gasteiger partial charge in [-0.25, -0.2) is 9.78 Å². The van der Waals surface area contributed by atoms with Crippen LogP contribution in [0.4, 0.5) is 0 Å². The van der Waals surface area contributed by atoms with Gasteiger partial charge in [-0.1, -0.05) is 13.8 Å². The molecular weight excluding hydrogens is 180 g/mol. The number of nitrogens with zero attached hydrogens (tertiary/aromatic N) is 2. The lowest BCUT2D eigenvalue weighted by Crippen LogP contribution is -2.14. The lowest BCUT2D eigenvalue weighted by Gasteiger charge is -2.10. The highest BCUT2D eigenvalue weighted by molar-refractivity contribution is 5.87. The number of hydrogen-bond acceptors (Lipinski definition) is 3. The lowest BCUT2D eigenvalue weighted by molar-refractivity contribution is 0.0587. The number of aryl methyl sites for hydroxylation is 1. The van der Waals surface area contributed by atoms with E-state index in [0.717, 1.165) is 12.4 Å². The summed E-state index contributed by atoms with van der Waals surface area (Å²) in [6, 6.07) is 0. The summed E-state index contributed by atoms with van der Waals surface area (Å²) >= 11 is 0. The summed E-state index contributed by atoms with van der Waals surface area (Å²) in [7, 11) is 1.38. The largest absolute Gasteiger partial charge is 0.464 e. The van der Waals surface area contributed by atoms with Gasteiger partial charge in [0.05, 0.1) is 13.3 Å². The van der Waals surface area contributed by atoms with Crippen molar-refractivity contribution in [1.82, 2.24) is 9.55 Å². The molecule has 0 fully saturated rings. The SMILES string of the molecule is COC(=O)c1cnc(C)n1CC(C)C. The molecule has 0 saturated carbocycles. The Bertz CT molecular complexity index is 329. The minimum absolute atomic E-state index is 0.328.